The summed E-state index contributed by atoms with van der Waals surface area (Å²) in [6.45, 7) is 7.91. The van der Waals surface area contributed by atoms with Crippen LogP contribution in [0.3, 0.4) is 0 Å². The highest BCUT2D eigenvalue weighted by Crippen LogP contribution is 2.35. The van der Waals surface area contributed by atoms with E-state index >= 15 is 0 Å². The van der Waals surface area contributed by atoms with Crippen molar-refractivity contribution in [2.45, 2.75) is 45.3 Å². The fourth-order valence-electron chi connectivity index (χ4n) is 3.14. The van der Waals surface area contributed by atoms with Crippen molar-refractivity contribution in [1.29, 1.82) is 0 Å². The fraction of sp³-hybridized carbons (Fsp3) is 0.318. The maximum Gasteiger partial charge on any atom is 0.230 e. The van der Waals surface area contributed by atoms with Gasteiger partial charge >= 0.3 is 0 Å². The summed E-state index contributed by atoms with van der Waals surface area (Å²) in [7, 11) is 0. The average Bonchev–Trinajstić information content (AvgIpc) is 3.09. The lowest BCUT2D eigenvalue weighted by molar-refractivity contribution is -0.118. The molecule has 0 unspecified atom stereocenters. The number of benzene rings is 2. The summed E-state index contributed by atoms with van der Waals surface area (Å²) in [5.41, 5.74) is 3.14. The number of phenols is 1. The van der Waals surface area contributed by atoms with E-state index in [0.717, 1.165) is 22.6 Å². The summed E-state index contributed by atoms with van der Waals surface area (Å²) >= 11 is 7.64. The molecule has 8 heteroatoms. The molecule has 3 rings (SSSR count). The van der Waals surface area contributed by atoms with Gasteiger partial charge < -0.3 is 10.4 Å². The Morgan fingerprint density at radius 1 is 1.23 bits per heavy atom. The third-order valence-electron chi connectivity index (χ3n) is 4.88. The summed E-state index contributed by atoms with van der Waals surface area (Å²) in [4.78, 5) is 12.5. The van der Waals surface area contributed by atoms with Crippen LogP contribution in [-0.2, 0) is 11.3 Å². The zero-order chi connectivity index (χ0) is 21.8. The Morgan fingerprint density at radius 3 is 2.60 bits per heavy atom. The number of amides is 1. The Kier molecular flexibility index (Phi) is 7.05. The topological polar surface area (TPSA) is 80.0 Å². The van der Waals surface area contributed by atoms with E-state index in [9.17, 15) is 9.90 Å². The van der Waals surface area contributed by atoms with Crippen LogP contribution in [0.2, 0.25) is 5.02 Å². The molecule has 158 valence electrons. The second-order valence-corrected chi connectivity index (χ2v) is 8.67. The summed E-state index contributed by atoms with van der Waals surface area (Å²) < 4.78 is 1.92. The fourth-order valence-corrected chi connectivity index (χ4v) is 4.20. The maximum atomic E-state index is 12.5. The number of aryl methyl sites for hydroxylation is 1. The quantitative estimate of drug-likeness (QED) is 0.513. The number of hydrogen-bond acceptors (Lipinski definition) is 5. The zero-order valence-corrected chi connectivity index (χ0v) is 19.0. The molecule has 0 fully saturated rings. The monoisotopic (exact) mass is 444 g/mol. The number of nitrogens with zero attached hydrogens (tertiary/aromatic N) is 3. The first-order valence-electron chi connectivity index (χ1n) is 9.67. The molecule has 2 N–H and O–H groups in total. The predicted octanol–water partition coefficient (Wildman–Crippen LogP) is 4.78. The van der Waals surface area contributed by atoms with Gasteiger partial charge in [0.1, 0.15) is 11.6 Å². The molecule has 6 nitrogen and oxygen atoms in total. The van der Waals surface area contributed by atoms with Gasteiger partial charge in [-0.1, -0.05) is 55.4 Å². The first-order chi connectivity index (χ1) is 14.3. The van der Waals surface area contributed by atoms with Gasteiger partial charge in [-0.3, -0.25) is 9.36 Å². The van der Waals surface area contributed by atoms with Crippen LogP contribution in [0.25, 0.3) is 5.69 Å². The third-order valence-corrected chi connectivity index (χ3v) is 6.20. The molecule has 0 saturated heterocycles. The van der Waals surface area contributed by atoms with Gasteiger partial charge in [-0.25, -0.2) is 0 Å². The average molecular weight is 445 g/mol. The van der Waals surface area contributed by atoms with Crippen LogP contribution in [0.5, 0.6) is 5.75 Å². The van der Waals surface area contributed by atoms with E-state index in [1.54, 1.807) is 6.07 Å². The van der Waals surface area contributed by atoms with Crippen LogP contribution >= 0.6 is 23.4 Å². The Balaban J connectivity index is 1.68. The van der Waals surface area contributed by atoms with Crippen LogP contribution in [0, 0.1) is 13.8 Å². The van der Waals surface area contributed by atoms with Gasteiger partial charge in [-0.15, -0.1) is 10.2 Å². The molecule has 0 radical (unpaired) electrons. The SMILES string of the molecule is Cc1c(Cl)cc(C(C)C)c(O)c1CNC(=O)CSc1nnc(C)n1-c1ccccc1. The minimum atomic E-state index is -0.162. The van der Waals surface area contributed by atoms with Crippen LogP contribution in [0.1, 0.15) is 42.3 Å². The summed E-state index contributed by atoms with van der Waals surface area (Å²) in [6, 6.07) is 11.6. The van der Waals surface area contributed by atoms with E-state index in [1.165, 1.54) is 11.8 Å². The number of aromatic hydroxyl groups is 1. The van der Waals surface area contributed by atoms with Crippen molar-refractivity contribution in [3.8, 4) is 11.4 Å². The molecule has 3 aromatic rings. The third kappa shape index (κ3) is 4.79. The van der Waals surface area contributed by atoms with Crippen LogP contribution in [0.4, 0.5) is 0 Å². The first kappa shape index (κ1) is 22.2. The van der Waals surface area contributed by atoms with E-state index in [-0.39, 0.29) is 29.9 Å². The largest absolute Gasteiger partial charge is 0.507 e. The number of para-hydroxylation sites is 1. The molecule has 0 aliphatic rings. The molecule has 2 aromatic carbocycles. The standard InChI is InChI=1S/C22H25ClN4O2S/c1-13(2)17-10-19(23)14(3)18(21(17)29)11-24-20(28)12-30-22-26-25-15(4)27(22)16-8-6-5-7-9-16/h5-10,13,29H,11-12H2,1-4H3,(H,24,28). The second kappa shape index (κ2) is 9.53. The molecule has 0 bridgehead atoms. The van der Waals surface area contributed by atoms with Gasteiger partial charge in [0.25, 0.3) is 0 Å². The number of carbonyl (C=O) groups excluding carboxylic acids is 1. The number of hydrogen-bond donors (Lipinski definition) is 2. The Bertz CT molecular complexity index is 1050. The van der Waals surface area contributed by atoms with Crippen molar-refractivity contribution in [1.82, 2.24) is 20.1 Å². The van der Waals surface area contributed by atoms with Crippen LogP contribution in [0.15, 0.2) is 41.6 Å². The van der Waals surface area contributed by atoms with Crippen molar-refractivity contribution in [2.75, 3.05) is 5.75 Å². The number of rotatable bonds is 7. The van der Waals surface area contributed by atoms with Crippen LogP contribution < -0.4 is 5.32 Å². The van der Waals surface area contributed by atoms with Crippen molar-refractivity contribution >= 4 is 29.3 Å². The number of aromatic nitrogens is 3. The van der Waals surface area contributed by atoms with E-state index in [2.05, 4.69) is 15.5 Å². The molecule has 1 amide bonds. The van der Waals surface area contributed by atoms with Crippen molar-refractivity contribution in [2.24, 2.45) is 0 Å². The molecular formula is C22H25ClN4O2S. The van der Waals surface area contributed by atoms with Gasteiger partial charge in [0, 0.05) is 22.8 Å². The van der Waals surface area contributed by atoms with Gasteiger partial charge in [-0.2, -0.15) is 0 Å². The number of thioether (sulfide) groups is 1. The van der Waals surface area contributed by atoms with Crippen molar-refractivity contribution < 1.29 is 9.90 Å². The highest BCUT2D eigenvalue weighted by molar-refractivity contribution is 7.99. The van der Waals surface area contributed by atoms with E-state index in [4.69, 9.17) is 11.6 Å². The molecule has 0 saturated carbocycles. The smallest absolute Gasteiger partial charge is 0.230 e. The Morgan fingerprint density at radius 2 is 1.93 bits per heavy atom. The second-order valence-electron chi connectivity index (χ2n) is 7.32. The molecule has 0 spiro atoms. The van der Waals surface area contributed by atoms with E-state index < -0.39 is 0 Å². The number of nitrogens with one attached hydrogen (secondary N) is 1. The minimum absolute atomic E-state index is 0.126. The lowest BCUT2D eigenvalue weighted by atomic mass is 9.96. The summed E-state index contributed by atoms with van der Waals surface area (Å²) in [5.74, 6) is 1.09. The molecule has 0 aliphatic carbocycles. The van der Waals surface area contributed by atoms with E-state index in [0.29, 0.717) is 15.7 Å². The normalized spacial score (nSPS) is 11.1. The Labute approximate surface area is 185 Å². The van der Waals surface area contributed by atoms with Gasteiger partial charge in [0.05, 0.1) is 5.75 Å². The summed E-state index contributed by atoms with van der Waals surface area (Å²) in [5, 5.41) is 23.1. The number of carbonyl (C=O) groups is 1. The first-order valence-corrected chi connectivity index (χ1v) is 11.0. The van der Waals surface area contributed by atoms with E-state index in [1.807, 2.05) is 62.6 Å². The molecule has 1 heterocycles. The molecule has 1 aromatic heterocycles. The van der Waals surface area contributed by atoms with Crippen molar-refractivity contribution in [3.63, 3.8) is 0 Å². The number of phenolic OH excluding ortho intramolecular Hbond substituents is 1. The van der Waals surface area contributed by atoms with Gasteiger partial charge in [-0.05, 0) is 49.1 Å². The summed E-state index contributed by atoms with van der Waals surface area (Å²) in [6.07, 6.45) is 0. The Hall–Kier alpha value is -2.51. The van der Waals surface area contributed by atoms with Gasteiger partial charge in [0.2, 0.25) is 5.91 Å². The van der Waals surface area contributed by atoms with Crippen molar-refractivity contribution in [3.05, 3.63) is 63.9 Å². The zero-order valence-electron chi connectivity index (χ0n) is 17.4. The van der Waals surface area contributed by atoms with Gasteiger partial charge in [0.15, 0.2) is 5.16 Å². The molecule has 30 heavy (non-hydrogen) atoms. The maximum absolute atomic E-state index is 12.5. The molecule has 0 atom stereocenters. The molecular weight excluding hydrogens is 420 g/mol. The minimum Gasteiger partial charge on any atom is -0.507 e. The van der Waals surface area contributed by atoms with Crippen LogP contribution in [-0.4, -0.2) is 31.5 Å². The highest BCUT2D eigenvalue weighted by Gasteiger charge is 2.18. The number of halogens is 1. The lowest BCUT2D eigenvalue weighted by Crippen LogP contribution is -2.25. The highest BCUT2D eigenvalue weighted by atomic mass is 35.5. The molecule has 0 aliphatic heterocycles. The predicted molar refractivity (Wildman–Crippen MR) is 121 cm³/mol. The lowest BCUT2D eigenvalue weighted by Gasteiger charge is -2.17.